The van der Waals surface area contributed by atoms with Crippen molar-refractivity contribution >= 4 is 23.5 Å². The van der Waals surface area contributed by atoms with Gasteiger partial charge in [-0.2, -0.15) is 5.10 Å². The molecule has 1 saturated carbocycles. The molecule has 0 saturated heterocycles. The van der Waals surface area contributed by atoms with Crippen molar-refractivity contribution in [2.24, 2.45) is 0 Å². The quantitative estimate of drug-likeness (QED) is 0.912. The minimum absolute atomic E-state index is 0.00933. The van der Waals surface area contributed by atoms with Crippen molar-refractivity contribution in [1.82, 2.24) is 14.7 Å². The molecule has 23 heavy (non-hydrogen) atoms. The highest BCUT2D eigenvalue weighted by atomic mass is 35.5. The van der Waals surface area contributed by atoms with Gasteiger partial charge in [-0.05, 0) is 44.0 Å². The summed E-state index contributed by atoms with van der Waals surface area (Å²) in [7, 11) is 0. The number of hydrogen-bond acceptors (Lipinski definition) is 3. The van der Waals surface area contributed by atoms with E-state index in [1.54, 1.807) is 35.1 Å². The standard InChI is InChI=1S/C16H16ClN3O3/c1-10(16(22)23)20(12-5-6-12)15(21)14-7-8-19(18-14)13-4-2-3-11(17)9-13/h2-4,7-10,12H,5-6H2,1H3,(H,22,23). The maximum atomic E-state index is 12.6. The Bertz CT molecular complexity index is 755. The second-order valence-electron chi connectivity index (χ2n) is 5.58. The Balaban J connectivity index is 1.86. The maximum absolute atomic E-state index is 12.6. The molecule has 1 fully saturated rings. The monoisotopic (exact) mass is 333 g/mol. The van der Waals surface area contributed by atoms with E-state index in [0.717, 1.165) is 18.5 Å². The Morgan fingerprint density at radius 3 is 2.74 bits per heavy atom. The number of carboxylic acids is 1. The van der Waals surface area contributed by atoms with Gasteiger partial charge in [-0.1, -0.05) is 17.7 Å². The number of carbonyl (C=O) groups excluding carboxylic acids is 1. The highest BCUT2D eigenvalue weighted by molar-refractivity contribution is 6.30. The Hall–Kier alpha value is -2.34. The van der Waals surface area contributed by atoms with Crippen LogP contribution in [-0.2, 0) is 4.79 Å². The summed E-state index contributed by atoms with van der Waals surface area (Å²) in [6, 6.07) is 7.82. The van der Waals surface area contributed by atoms with E-state index < -0.39 is 12.0 Å². The molecule has 7 heteroatoms. The lowest BCUT2D eigenvalue weighted by molar-refractivity contribution is -0.141. The normalized spacial score (nSPS) is 15.2. The average Bonchev–Trinajstić information content (AvgIpc) is 3.22. The smallest absolute Gasteiger partial charge is 0.326 e. The summed E-state index contributed by atoms with van der Waals surface area (Å²) in [6.45, 7) is 1.52. The van der Waals surface area contributed by atoms with Gasteiger partial charge in [0.25, 0.3) is 5.91 Å². The summed E-state index contributed by atoms with van der Waals surface area (Å²) in [4.78, 5) is 25.3. The van der Waals surface area contributed by atoms with Crippen molar-refractivity contribution in [1.29, 1.82) is 0 Å². The van der Waals surface area contributed by atoms with Gasteiger partial charge in [-0.15, -0.1) is 0 Å². The number of nitrogens with zero attached hydrogens (tertiary/aromatic N) is 3. The van der Waals surface area contributed by atoms with E-state index in [4.69, 9.17) is 11.6 Å². The third kappa shape index (κ3) is 3.22. The number of benzene rings is 1. The molecule has 1 N–H and O–H groups in total. The number of aliphatic carboxylic acids is 1. The van der Waals surface area contributed by atoms with Gasteiger partial charge in [-0.25, -0.2) is 9.48 Å². The van der Waals surface area contributed by atoms with Crippen LogP contribution in [0.3, 0.4) is 0 Å². The van der Waals surface area contributed by atoms with E-state index in [1.807, 2.05) is 6.07 Å². The molecule has 1 aliphatic carbocycles. The molecule has 1 unspecified atom stereocenters. The number of rotatable bonds is 5. The Morgan fingerprint density at radius 1 is 1.39 bits per heavy atom. The van der Waals surface area contributed by atoms with E-state index in [0.29, 0.717) is 5.02 Å². The van der Waals surface area contributed by atoms with E-state index in [-0.39, 0.29) is 17.6 Å². The lowest BCUT2D eigenvalue weighted by Crippen LogP contribution is -2.44. The number of aromatic nitrogens is 2. The first-order valence-electron chi connectivity index (χ1n) is 7.34. The molecule has 0 spiro atoms. The second kappa shape index (κ2) is 6.04. The summed E-state index contributed by atoms with van der Waals surface area (Å²) >= 11 is 5.96. The molecule has 1 atom stereocenters. The molecule has 1 heterocycles. The van der Waals surface area contributed by atoms with Crippen LogP contribution < -0.4 is 0 Å². The Labute approximate surface area is 138 Å². The molecule has 1 aromatic carbocycles. The van der Waals surface area contributed by atoms with Gasteiger partial charge < -0.3 is 10.0 Å². The molecule has 120 valence electrons. The molecule has 0 bridgehead atoms. The fourth-order valence-corrected chi connectivity index (χ4v) is 2.65. The Morgan fingerprint density at radius 2 is 2.13 bits per heavy atom. The van der Waals surface area contributed by atoms with E-state index >= 15 is 0 Å². The number of carbonyl (C=O) groups is 2. The van der Waals surface area contributed by atoms with Gasteiger partial charge in [0.2, 0.25) is 0 Å². The minimum Gasteiger partial charge on any atom is -0.480 e. The van der Waals surface area contributed by atoms with Crippen molar-refractivity contribution in [2.45, 2.75) is 31.8 Å². The van der Waals surface area contributed by atoms with Crippen molar-refractivity contribution in [3.05, 3.63) is 47.2 Å². The first kappa shape index (κ1) is 15.6. The molecule has 6 nitrogen and oxygen atoms in total. The second-order valence-corrected chi connectivity index (χ2v) is 6.02. The minimum atomic E-state index is -1.01. The Kier molecular flexibility index (Phi) is 4.09. The molecule has 2 aromatic rings. The first-order valence-corrected chi connectivity index (χ1v) is 7.72. The molecule has 1 aromatic heterocycles. The number of carboxylic acid groups (broad SMARTS) is 1. The third-order valence-corrected chi connectivity index (χ3v) is 4.07. The van der Waals surface area contributed by atoms with Crippen molar-refractivity contribution in [2.75, 3.05) is 0 Å². The zero-order valence-corrected chi connectivity index (χ0v) is 13.3. The molecule has 0 radical (unpaired) electrons. The van der Waals surface area contributed by atoms with E-state index in [1.165, 1.54) is 11.8 Å². The molecular weight excluding hydrogens is 318 g/mol. The summed E-state index contributed by atoms with van der Waals surface area (Å²) in [5.74, 6) is -1.37. The van der Waals surface area contributed by atoms with Crippen molar-refractivity contribution in [3.8, 4) is 5.69 Å². The molecular formula is C16H16ClN3O3. The number of amides is 1. The van der Waals surface area contributed by atoms with Crippen LogP contribution in [0.4, 0.5) is 0 Å². The van der Waals surface area contributed by atoms with E-state index in [2.05, 4.69) is 5.10 Å². The summed E-state index contributed by atoms with van der Waals surface area (Å²) in [6.07, 6.45) is 3.33. The summed E-state index contributed by atoms with van der Waals surface area (Å²) in [5.41, 5.74) is 0.964. The van der Waals surface area contributed by atoms with Gasteiger partial charge in [-0.3, -0.25) is 4.79 Å². The van der Waals surface area contributed by atoms with Gasteiger partial charge in [0, 0.05) is 17.3 Å². The zero-order valence-electron chi connectivity index (χ0n) is 12.5. The predicted molar refractivity (Wildman–Crippen MR) is 84.9 cm³/mol. The van der Waals surface area contributed by atoms with Gasteiger partial charge in [0.15, 0.2) is 5.69 Å². The van der Waals surface area contributed by atoms with Crippen LogP contribution in [-0.4, -0.2) is 43.7 Å². The largest absolute Gasteiger partial charge is 0.480 e. The number of hydrogen-bond donors (Lipinski definition) is 1. The van der Waals surface area contributed by atoms with Crippen molar-refractivity contribution in [3.63, 3.8) is 0 Å². The maximum Gasteiger partial charge on any atom is 0.326 e. The fourth-order valence-electron chi connectivity index (χ4n) is 2.46. The zero-order chi connectivity index (χ0) is 16.6. The highest BCUT2D eigenvalue weighted by Crippen LogP contribution is 2.30. The first-order chi connectivity index (χ1) is 11.0. The van der Waals surface area contributed by atoms with Gasteiger partial charge in [0.1, 0.15) is 6.04 Å². The SMILES string of the molecule is CC(C(=O)O)N(C(=O)c1ccn(-c2cccc(Cl)c2)n1)C1CC1. The van der Waals surface area contributed by atoms with Crippen LogP contribution in [0.25, 0.3) is 5.69 Å². The molecule has 1 aliphatic rings. The lowest BCUT2D eigenvalue weighted by Gasteiger charge is -2.25. The fraction of sp³-hybridized carbons (Fsp3) is 0.312. The van der Waals surface area contributed by atoms with Crippen molar-refractivity contribution < 1.29 is 14.7 Å². The average molecular weight is 334 g/mol. The van der Waals surface area contributed by atoms with Gasteiger partial charge >= 0.3 is 5.97 Å². The molecule has 1 amide bonds. The van der Waals surface area contributed by atoms with Crippen LogP contribution in [0.15, 0.2) is 36.5 Å². The topological polar surface area (TPSA) is 75.4 Å². The van der Waals surface area contributed by atoms with Crippen LogP contribution in [0, 0.1) is 0 Å². The molecule has 0 aliphatic heterocycles. The van der Waals surface area contributed by atoms with Gasteiger partial charge in [0.05, 0.1) is 5.69 Å². The highest BCUT2D eigenvalue weighted by Gasteiger charge is 2.39. The number of halogens is 1. The lowest BCUT2D eigenvalue weighted by atomic mass is 10.2. The van der Waals surface area contributed by atoms with Crippen LogP contribution >= 0.6 is 11.6 Å². The summed E-state index contributed by atoms with van der Waals surface area (Å²) < 4.78 is 1.55. The van der Waals surface area contributed by atoms with Crippen LogP contribution in [0.1, 0.15) is 30.3 Å². The van der Waals surface area contributed by atoms with Crippen LogP contribution in [0.5, 0.6) is 0 Å². The predicted octanol–water partition coefficient (Wildman–Crippen LogP) is 2.60. The third-order valence-electron chi connectivity index (χ3n) is 3.83. The summed E-state index contributed by atoms with van der Waals surface area (Å²) in [5, 5.41) is 14.0. The van der Waals surface area contributed by atoms with E-state index in [9.17, 15) is 14.7 Å². The van der Waals surface area contributed by atoms with Crippen LogP contribution in [0.2, 0.25) is 5.02 Å². The molecule has 3 rings (SSSR count).